The lowest BCUT2D eigenvalue weighted by molar-refractivity contribution is 0.0696. The Hall–Kier alpha value is -1.88. The molecule has 0 aromatic carbocycles. The lowest BCUT2D eigenvalue weighted by Gasteiger charge is -2.00. The van der Waals surface area contributed by atoms with Crippen molar-refractivity contribution in [1.29, 1.82) is 0 Å². The lowest BCUT2D eigenvalue weighted by atomic mass is 10.3. The van der Waals surface area contributed by atoms with E-state index in [9.17, 15) is 4.79 Å². The fourth-order valence-electron chi connectivity index (χ4n) is 1.11. The molecule has 2 aromatic rings. The van der Waals surface area contributed by atoms with Crippen LogP contribution in [0, 0.1) is 0 Å². The van der Waals surface area contributed by atoms with Gasteiger partial charge in [0.2, 0.25) is 0 Å². The highest BCUT2D eigenvalue weighted by atomic mass is 35.5. The number of hydrogen-bond acceptors (Lipinski definition) is 3. The smallest absolute Gasteiger partial charge is 0.335 e. The number of rotatable bonds is 2. The predicted molar refractivity (Wildman–Crippen MR) is 53.3 cm³/mol. The van der Waals surface area contributed by atoms with E-state index in [0.29, 0.717) is 11.0 Å². The molecule has 0 aliphatic carbocycles. The fraction of sp³-hybridized carbons (Fsp3) is 0. The molecule has 0 spiro atoms. The molecule has 0 aliphatic rings. The molecule has 0 fully saturated rings. The highest BCUT2D eigenvalue weighted by Gasteiger charge is 2.06. The molecule has 2 heterocycles. The van der Waals surface area contributed by atoms with Crippen molar-refractivity contribution in [3.05, 3.63) is 41.3 Å². The van der Waals surface area contributed by atoms with Gasteiger partial charge in [-0.1, -0.05) is 11.6 Å². The van der Waals surface area contributed by atoms with E-state index in [1.807, 2.05) is 0 Å². The molecule has 5 nitrogen and oxygen atoms in total. The van der Waals surface area contributed by atoms with E-state index in [1.165, 1.54) is 23.0 Å². The highest BCUT2D eigenvalue weighted by Crippen LogP contribution is 2.09. The summed E-state index contributed by atoms with van der Waals surface area (Å²) in [6, 6.07) is 4.43. The first-order chi connectivity index (χ1) is 7.16. The molecular weight excluding hydrogens is 218 g/mol. The van der Waals surface area contributed by atoms with Crippen molar-refractivity contribution < 1.29 is 9.90 Å². The topological polar surface area (TPSA) is 68.0 Å². The van der Waals surface area contributed by atoms with Crippen LogP contribution < -0.4 is 0 Å². The van der Waals surface area contributed by atoms with Gasteiger partial charge in [-0.3, -0.25) is 0 Å². The number of carboxylic acids is 1. The van der Waals surface area contributed by atoms with Crippen LogP contribution in [0.1, 0.15) is 10.4 Å². The molecule has 15 heavy (non-hydrogen) atoms. The minimum Gasteiger partial charge on any atom is -0.478 e. The van der Waals surface area contributed by atoms with Crippen LogP contribution in [0.25, 0.3) is 5.82 Å². The summed E-state index contributed by atoms with van der Waals surface area (Å²) < 4.78 is 1.41. The number of carboxylic acid groups (broad SMARTS) is 1. The second kappa shape index (κ2) is 3.70. The maximum absolute atomic E-state index is 10.7. The van der Waals surface area contributed by atoms with Gasteiger partial charge in [-0.2, -0.15) is 5.10 Å². The van der Waals surface area contributed by atoms with Crippen molar-refractivity contribution >= 4 is 17.6 Å². The van der Waals surface area contributed by atoms with Crippen LogP contribution in [-0.2, 0) is 0 Å². The lowest BCUT2D eigenvalue weighted by Crippen LogP contribution is -2.02. The average Bonchev–Trinajstić information content (AvgIpc) is 2.65. The number of aromatic carboxylic acids is 1. The fourth-order valence-corrected chi connectivity index (χ4v) is 1.24. The summed E-state index contributed by atoms with van der Waals surface area (Å²) in [5.74, 6) is -0.585. The summed E-state index contributed by atoms with van der Waals surface area (Å²) in [7, 11) is 0. The van der Waals surface area contributed by atoms with Crippen LogP contribution in [-0.4, -0.2) is 25.8 Å². The Bertz CT molecular complexity index is 510. The first-order valence-corrected chi connectivity index (χ1v) is 4.45. The molecule has 0 atom stereocenters. The van der Waals surface area contributed by atoms with Gasteiger partial charge in [-0.25, -0.2) is 14.5 Å². The molecule has 6 heteroatoms. The molecule has 0 amide bonds. The summed E-state index contributed by atoms with van der Waals surface area (Å²) in [6.45, 7) is 0. The first-order valence-electron chi connectivity index (χ1n) is 4.08. The van der Waals surface area contributed by atoms with Gasteiger partial charge in [0.15, 0.2) is 11.0 Å². The third-order valence-electron chi connectivity index (χ3n) is 1.78. The molecule has 0 bridgehead atoms. The number of pyridine rings is 1. The maximum atomic E-state index is 10.7. The van der Waals surface area contributed by atoms with Crippen LogP contribution >= 0.6 is 11.6 Å². The summed E-state index contributed by atoms with van der Waals surface area (Å²) in [5.41, 5.74) is 0.159. The number of hydrogen-bond donors (Lipinski definition) is 1. The quantitative estimate of drug-likeness (QED) is 0.840. The molecule has 0 radical (unpaired) electrons. The number of aromatic nitrogens is 3. The number of nitrogens with zero attached hydrogens (tertiary/aromatic N) is 3. The van der Waals surface area contributed by atoms with Crippen molar-refractivity contribution in [3.8, 4) is 5.82 Å². The van der Waals surface area contributed by atoms with Gasteiger partial charge in [0.25, 0.3) is 0 Å². The van der Waals surface area contributed by atoms with Crippen LogP contribution in [0.2, 0.25) is 5.15 Å². The van der Waals surface area contributed by atoms with Gasteiger partial charge in [0.05, 0.1) is 5.56 Å². The Kier molecular flexibility index (Phi) is 2.39. The van der Waals surface area contributed by atoms with Crippen LogP contribution in [0.5, 0.6) is 0 Å². The Morgan fingerprint density at radius 2 is 2.27 bits per heavy atom. The third kappa shape index (κ3) is 1.97. The molecule has 0 unspecified atom stereocenters. The highest BCUT2D eigenvalue weighted by molar-refractivity contribution is 6.29. The Morgan fingerprint density at radius 3 is 2.87 bits per heavy atom. The molecule has 76 valence electrons. The Balaban J connectivity index is 2.45. The van der Waals surface area contributed by atoms with Crippen molar-refractivity contribution in [2.24, 2.45) is 0 Å². The van der Waals surface area contributed by atoms with E-state index in [1.54, 1.807) is 12.3 Å². The van der Waals surface area contributed by atoms with Gasteiger partial charge in [0.1, 0.15) is 0 Å². The molecule has 2 rings (SSSR count). The molecule has 0 saturated carbocycles. The largest absolute Gasteiger partial charge is 0.478 e. The zero-order chi connectivity index (χ0) is 10.8. The second-order valence-corrected chi connectivity index (χ2v) is 3.18. The molecule has 2 aromatic heterocycles. The van der Waals surface area contributed by atoms with Crippen molar-refractivity contribution in [2.75, 3.05) is 0 Å². The van der Waals surface area contributed by atoms with E-state index in [2.05, 4.69) is 10.1 Å². The first kappa shape index (κ1) is 9.67. The van der Waals surface area contributed by atoms with Crippen LogP contribution in [0.3, 0.4) is 0 Å². The van der Waals surface area contributed by atoms with E-state index < -0.39 is 5.97 Å². The molecule has 0 saturated heterocycles. The standard InChI is InChI=1S/C9H6ClN3O2/c10-7-2-4-13(12-7)8-5-6(9(14)15)1-3-11-8/h1-5H,(H,14,15). The molecule has 1 N–H and O–H groups in total. The zero-order valence-corrected chi connectivity index (χ0v) is 8.22. The number of halogens is 1. The van der Waals surface area contributed by atoms with E-state index in [-0.39, 0.29) is 5.56 Å². The SMILES string of the molecule is O=C(O)c1ccnc(-n2ccc(Cl)n2)c1. The molecular formula is C9H6ClN3O2. The van der Waals surface area contributed by atoms with Crippen molar-refractivity contribution in [2.45, 2.75) is 0 Å². The number of carbonyl (C=O) groups is 1. The van der Waals surface area contributed by atoms with E-state index >= 15 is 0 Å². The van der Waals surface area contributed by atoms with E-state index in [0.717, 1.165) is 0 Å². The minimum atomic E-state index is -1.00. The van der Waals surface area contributed by atoms with Gasteiger partial charge < -0.3 is 5.11 Å². The van der Waals surface area contributed by atoms with Gasteiger partial charge in [0, 0.05) is 12.4 Å². The predicted octanol–water partition coefficient (Wildman–Crippen LogP) is 1.62. The second-order valence-electron chi connectivity index (χ2n) is 2.79. The van der Waals surface area contributed by atoms with Crippen LogP contribution in [0.15, 0.2) is 30.6 Å². The summed E-state index contributed by atoms with van der Waals surface area (Å²) >= 11 is 5.64. The normalized spacial score (nSPS) is 10.2. The Morgan fingerprint density at radius 1 is 1.47 bits per heavy atom. The van der Waals surface area contributed by atoms with Gasteiger partial charge >= 0.3 is 5.97 Å². The Labute approximate surface area is 89.9 Å². The summed E-state index contributed by atoms with van der Waals surface area (Å²) in [4.78, 5) is 14.7. The van der Waals surface area contributed by atoms with E-state index in [4.69, 9.17) is 16.7 Å². The summed E-state index contributed by atoms with van der Waals surface area (Å²) in [6.07, 6.45) is 3.02. The summed E-state index contributed by atoms with van der Waals surface area (Å²) in [5, 5.41) is 13.0. The average molecular weight is 224 g/mol. The molecule has 0 aliphatic heterocycles. The van der Waals surface area contributed by atoms with Gasteiger partial charge in [-0.15, -0.1) is 0 Å². The third-order valence-corrected chi connectivity index (χ3v) is 1.99. The van der Waals surface area contributed by atoms with Gasteiger partial charge in [-0.05, 0) is 18.2 Å². The monoisotopic (exact) mass is 223 g/mol. The maximum Gasteiger partial charge on any atom is 0.335 e. The van der Waals surface area contributed by atoms with Crippen molar-refractivity contribution in [3.63, 3.8) is 0 Å². The van der Waals surface area contributed by atoms with Crippen LogP contribution in [0.4, 0.5) is 0 Å². The van der Waals surface area contributed by atoms with Crippen molar-refractivity contribution in [1.82, 2.24) is 14.8 Å². The zero-order valence-electron chi connectivity index (χ0n) is 7.46. The minimum absolute atomic E-state index is 0.159.